The molecule has 3 N–H and O–H groups in total. The number of hydrogen-bond acceptors (Lipinski definition) is 5. The Balaban J connectivity index is 1.74. The van der Waals surface area contributed by atoms with Gasteiger partial charge in [0.15, 0.2) is 17.2 Å². The van der Waals surface area contributed by atoms with Gasteiger partial charge in [-0.15, -0.1) is 0 Å². The number of alkyl halides is 3. The molecule has 1 heterocycles. The van der Waals surface area contributed by atoms with Crippen molar-refractivity contribution >= 4 is 16.6 Å². The number of benzene rings is 2. The highest BCUT2D eigenvalue weighted by Gasteiger charge is 2.68. The maximum Gasteiger partial charge on any atom is 0.419 e. The van der Waals surface area contributed by atoms with Crippen molar-refractivity contribution in [3.8, 4) is 5.75 Å². The summed E-state index contributed by atoms with van der Waals surface area (Å²) >= 11 is 0. The van der Waals surface area contributed by atoms with E-state index in [0.29, 0.717) is 35.3 Å². The van der Waals surface area contributed by atoms with Crippen molar-refractivity contribution in [1.29, 1.82) is 0 Å². The van der Waals surface area contributed by atoms with Crippen LogP contribution in [0, 0.1) is 18.7 Å². The van der Waals surface area contributed by atoms with Gasteiger partial charge in [-0.05, 0) is 49.4 Å². The number of aliphatic hydroxyl groups is 1. The molecular formula is C23H21F4N3O2. The molecule has 1 aromatic heterocycles. The van der Waals surface area contributed by atoms with E-state index >= 15 is 0 Å². The molecule has 2 aromatic carbocycles. The third kappa shape index (κ3) is 2.87. The molecular weight excluding hydrogens is 426 g/mol. The van der Waals surface area contributed by atoms with Gasteiger partial charge in [-0.25, -0.2) is 14.4 Å². The molecule has 0 amide bonds. The van der Waals surface area contributed by atoms with Gasteiger partial charge in [0.05, 0.1) is 11.6 Å². The second-order valence-electron chi connectivity index (χ2n) is 8.60. The number of aromatic hydroxyl groups is 1. The molecule has 9 heteroatoms. The average Bonchev–Trinajstić information content (AvgIpc) is 3.22. The third-order valence-electron chi connectivity index (χ3n) is 6.90. The summed E-state index contributed by atoms with van der Waals surface area (Å²) in [5.74, 6) is -3.02. The van der Waals surface area contributed by atoms with Crippen LogP contribution in [0.1, 0.15) is 48.2 Å². The zero-order valence-corrected chi connectivity index (χ0v) is 17.1. The maximum absolute atomic E-state index is 14.5. The summed E-state index contributed by atoms with van der Waals surface area (Å²) in [4.78, 5) is 8.46. The average molecular weight is 447 g/mol. The lowest BCUT2D eigenvalue weighted by atomic mass is 9.64. The van der Waals surface area contributed by atoms with Crippen LogP contribution < -0.4 is 5.32 Å². The number of fused-ring (bicyclic) bond motifs is 4. The molecule has 0 aliphatic heterocycles. The van der Waals surface area contributed by atoms with Crippen LogP contribution in [0.25, 0.3) is 10.9 Å². The smallest absolute Gasteiger partial charge is 0.419 e. The SMILES string of the molecule is Cc1ncc2c(N[C@H]3c4ccc(F)c(O)c4[C@H]4CCC[C@H]4[C@]3(O)C(F)(F)F)cccc2n1. The van der Waals surface area contributed by atoms with Gasteiger partial charge in [0.2, 0.25) is 0 Å². The molecule has 4 atom stereocenters. The van der Waals surface area contributed by atoms with Crippen LogP contribution in [0.3, 0.4) is 0 Å². The molecule has 1 saturated carbocycles. The maximum atomic E-state index is 14.5. The van der Waals surface area contributed by atoms with E-state index in [4.69, 9.17) is 0 Å². The van der Waals surface area contributed by atoms with Gasteiger partial charge < -0.3 is 15.5 Å². The normalized spacial score (nSPS) is 27.2. The highest BCUT2D eigenvalue weighted by Crippen LogP contribution is 2.62. The number of aryl methyl sites for hydroxylation is 1. The van der Waals surface area contributed by atoms with Crippen LogP contribution in [0.2, 0.25) is 0 Å². The summed E-state index contributed by atoms with van der Waals surface area (Å²) in [6.45, 7) is 1.71. The number of hydrogen-bond donors (Lipinski definition) is 3. The van der Waals surface area contributed by atoms with Crippen molar-refractivity contribution in [2.45, 2.75) is 49.9 Å². The molecule has 32 heavy (non-hydrogen) atoms. The molecule has 5 nitrogen and oxygen atoms in total. The molecule has 5 rings (SSSR count). The number of nitrogens with one attached hydrogen (secondary N) is 1. The minimum absolute atomic E-state index is 0.0388. The fourth-order valence-electron chi connectivity index (χ4n) is 5.51. The van der Waals surface area contributed by atoms with Crippen LogP contribution >= 0.6 is 0 Å². The Kier molecular flexibility index (Phi) is 4.60. The van der Waals surface area contributed by atoms with Gasteiger partial charge in [0.1, 0.15) is 5.82 Å². The Hall–Kier alpha value is -2.94. The molecule has 2 aliphatic rings. The van der Waals surface area contributed by atoms with Crippen molar-refractivity contribution in [3.63, 3.8) is 0 Å². The van der Waals surface area contributed by atoms with Crippen LogP contribution in [0.4, 0.5) is 23.2 Å². The lowest BCUT2D eigenvalue weighted by Gasteiger charge is -2.49. The number of halogens is 4. The van der Waals surface area contributed by atoms with Gasteiger partial charge in [-0.3, -0.25) is 0 Å². The molecule has 0 spiro atoms. The predicted octanol–water partition coefficient (Wildman–Crippen LogP) is 5.13. The first kappa shape index (κ1) is 20.9. The molecule has 0 bridgehead atoms. The van der Waals surface area contributed by atoms with Crippen molar-refractivity contribution in [3.05, 3.63) is 59.3 Å². The van der Waals surface area contributed by atoms with E-state index in [1.54, 1.807) is 25.1 Å². The van der Waals surface area contributed by atoms with Crippen LogP contribution in [0.15, 0.2) is 36.5 Å². The summed E-state index contributed by atoms with van der Waals surface area (Å²) < 4.78 is 57.7. The fourth-order valence-corrected chi connectivity index (χ4v) is 5.51. The Labute approximate surface area is 181 Å². The monoisotopic (exact) mass is 447 g/mol. The van der Waals surface area contributed by atoms with Gasteiger partial charge in [0, 0.05) is 28.8 Å². The highest BCUT2D eigenvalue weighted by atomic mass is 19.4. The second-order valence-corrected chi connectivity index (χ2v) is 8.60. The number of anilines is 1. The first-order valence-electron chi connectivity index (χ1n) is 10.4. The Morgan fingerprint density at radius 1 is 1.16 bits per heavy atom. The lowest BCUT2D eigenvalue weighted by molar-refractivity contribution is -0.290. The summed E-state index contributed by atoms with van der Waals surface area (Å²) in [5, 5.41) is 25.2. The zero-order chi connectivity index (χ0) is 22.8. The van der Waals surface area contributed by atoms with Gasteiger partial charge in [-0.1, -0.05) is 18.6 Å². The van der Waals surface area contributed by atoms with Crippen molar-refractivity contribution in [1.82, 2.24) is 9.97 Å². The molecule has 2 aliphatic carbocycles. The van der Waals surface area contributed by atoms with E-state index < -0.39 is 41.2 Å². The van der Waals surface area contributed by atoms with Crippen LogP contribution in [-0.4, -0.2) is 32.0 Å². The van der Waals surface area contributed by atoms with Gasteiger partial charge >= 0.3 is 6.18 Å². The van der Waals surface area contributed by atoms with Crippen molar-refractivity contribution in [2.24, 2.45) is 5.92 Å². The molecule has 3 aromatic rings. The van der Waals surface area contributed by atoms with Crippen molar-refractivity contribution < 1.29 is 27.8 Å². The highest BCUT2D eigenvalue weighted by molar-refractivity contribution is 5.91. The molecule has 0 radical (unpaired) electrons. The summed E-state index contributed by atoms with van der Waals surface area (Å²) in [5.41, 5.74) is -2.08. The van der Waals surface area contributed by atoms with E-state index in [2.05, 4.69) is 15.3 Å². The van der Waals surface area contributed by atoms with E-state index in [9.17, 15) is 27.8 Å². The number of phenolic OH excluding ortho intramolecular Hbond substituents is 1. The fraction of sp³-hybridized carbons (Fsp3) is 0.391. The molecule has 1 fully saturated rings. The van der Waals surface area contributed by atoms with Crippen LogP contribution in [0.5, 0.6) is 5.75 Å². The zero-order valence-electron chi connectivity index (χ0n) is 17.1. The van der Waals surface area contributed by atoms with E-state index in [1.165, 1.54) is 12.3 Å². The molecule has 0 unspecified atom stereocenters. The number of nitrogens with zero attached hydrogens (tertiary/aromatic N) is 2. The number of rotatable bonds is 2. The Morgan fingerprint density at radius 3 is 2.69 bits per heavy atom. The van der Waals surface area contributed by atoms with Crippen LogP contribution in [-0.2, 0) is 0 Å². The van der Waals surface area contributed by atoms with E-state index in [1.807, 2.05) is 0 Å². The van der Waals surface area contributed by atoms with Gasteiger partial charge in [0.25, 0.3) is 0 Å². The first-order chi connectivity index (χ1) is 15.1. The van der Waals surface area contributed by atoms with E-state index in [0.717, 1.165) is 6.07 Å². The first-order valence-corrected chi connectivity index (χ1v) is 10.4. The summed E-state index contributed by atoms with van der Waals surface area (Å²) in [6, 6.07) is 5.45. The summed E-state index contributed by atoms with van der Waals surface area (Å²) in [6.07, 6.45) is -2.56. The minimum atomic E-state index is -4.96. The second kappa shape index (κ2) is 7.03. The third-order valence-corrected chi connectivity index (χ3v) is 6.90. The molecule has 0 saturated heterocycles. The Morgan fingerprint density at radius 2 is 1.94 bits per heavy atom. The largest absolute Gasteiger partial charge is 0.505 e. The topological polar surface area (TPSA) is 78.3 Å². The minimum Gasteiger partial charge on any atom is -0.505 e. The lowest BCUT2D eigenvalue weighted by Crippen LogP contribution is -2.60. The molecule has 168 valence electrons. The van der Waals surface area contributed by atoms with E-state index in [-0.39, 0.29) is 17.5 Å². The predicted molar refractivity (Wildman–Crippen MR) is 110 cm³/mol. The summed E-state index contributed by atoms with van der Waals surface area (Å²) in [7, 11) is 0. The number of phenols is 1. The van der Waals surface area contributed by atoms with Gasteiger partial charge in [-0.2, -0.15) is 13.2 Å². The Bertz CT molecular complexity index is 1220. The quantitative estimate of drug-likeness (QED) is 0.475. The number of aromatic nitrogens is 2. The standard InChI is InChI=1S/C23H21F4N3O2/c1-11-28-10-14-17(29-11)6-3-7-18(14)30-21-13-8-9-16(24)20(31)19(13)12-4-2-5-15(12)22(21,32)23(25,26)27/h3,6-10,12,15,21,30-32H,2,4-5H2,1H3/t12-,15+,21-,22+/m0/s1. The van der Waals surface area contributed by atoms with Crippen molar-refractivity contribution in [2.75, 3.05) is 5.32 Å².